The van der Waals surface area contributed by atoms with Crippen molar-refractivity contribution in [2.24, 2.45) is 0 Å². The van der Waals surface area contributed by atoms with Gasteiger partial charge in [-0.2, -0.15) is 0 Å². The van der Waals surface area contributed by atoms with Gasteiger partial charge in [-0.05, 0) is 24.3 Å². The van der Waals surface area contributed by atoms with Crippen molar-refractivity contribution in [3.63, 3.8) is 0 Å². The number of hydrogen-bond acceptors (Lipinski definition) is 5. The summed E-state index contributed by atoms with van der Waals surface area (Å²) in [5.41, 5.74) is 2.79. The van der Waals surface area contributed by atoms with Gasteiger partial charge in [0.25, 0.3) is 0 Å². The quantitative estimate of drug-likeness (QED) is 0.504. The van der Waals surface area contributed by atoms with E-state index in [2.05, 4.69) is 20.2 Å². The number of halogens is 3. The lowest BCUT2D eigenvalue weighted by Gasteiger charge is -2.08. The molecule has 0 bridgehead atoms. The summed E-state index contributed by atoms with van der Waals surface area (Å²) in [6.07, 6.45) is -3.05. The van der Waals surface area contributed by atoms with E-state index in [1.807, 2.05) is 36.4 Å². The molecule has 0 spiro atoms. The van der Waals surface area contributed by atoms with Crippen molar-refractivity contribution in [2.75, 3.05) is 0 Å². The van der Waals surface area contributed by atoms with E-state index >= 15 is 0 Å². The van der Waals surface area contributed by atoms with Crippen LogP contribution >= 0.6 is 0 Å². The number of nitrogens with zero attached hydrogens (tertiary/aromatic N) is 4. The fourth-order valence-corrected chi connectivity index (χ4v) is 2.63. The van der Waals surface area contributed by atoms with Crippen LogP contribution in [0.15, 0.2) is 71.4 Å². The number of ether oxygens (including phenoxy) is 1. The maximum absolute atomic E-state index is 12.2. The Morgan fingerprint density at radius 1 is 0.929 bits per heavy atom. The van der Waals surface area contributed by atoms with Crippen molar-refractivity contribution in [3.05, 3.63) is 72.6 Å². The predicted molar refractivity (Wildman–Crippen MR) is 93.2 cm³/mol. The molecule has 142 valence electrons. The molecule has 0 atom stereocenters. The Morgan fingerprint density at radius 3 is 2.36 bits per heavy atom. The SMILES string of the molecule is FC(F)(F)Oc1ccc(-c2cn(Cc3cc(-c4ccccc4)no3)nn2)cc1. The van der Waals surface area contributed by atoms with Gasteiger partial charge in [0.2, 0.25) is 0 Å². The molecule has 4 aromatic rings. The summed E-state index contributed by atoms with van der Waals surface area (Å²) in [5.74, 6) is 0.308. The van der Waals surface area contributed by atoms with Crippen LogP contribution in [0.5, 0.6) is 5.75 Å². The minimum atomic E-state index is -4.72. The van der Waals surface area contributed by atoms with E-state index in [1.54, 1.807) is 10.9 Å². The molecule has 4 rings (SSSR count). The highest BCUT2D eigenvalue weighted by Crippen LogP contribution is 2.26. The van der Waals surface area contributed by atoms with Crippen LogP contribution in [-0.4, -0.2) is 26.5 Å². The van der Waals surface area contributed by atoms with Gasteiger partial charge in [-0.25, -0.2) is 4.68 Å². The van der Waals surface area contributed by atoms with Gasteiger partial charge in [-0.15, -0.1) is 18.3 Å². The third-order valence-corrected chi connectivity index (χ3v) is 3.87. The molecule has 0 fully saturated rings. The van der Waals surface area contributed by atoms with E-state index in [1.165, 1.54) is 24.3 Å². The molecule has 0 saturated carbocycles. The average molecular weight is 386 g/mol. The zero-order valence-corrected chi connectivity index (χ0v) is 14.3. The molecule has 2 heterocycles. The summed E-state index contributed by atoms with van der Waals surface area (Å²) in [5, 5.41) is 12.1. The van der Waals surface area contributed by atoms with Gasteiger partial charge >= 0.3 is 6.36 Å². The minimum absolute atomic E-state index is 0.293. The maximum atomic E-state index is 12.2. The summed E-state index contributed by atoms with van der Waals surface area (Å²) in [4.78, 5) is 0. The molecule has 0 saturated heterocycles. The van der Waals surface area contributed by atoms with E-state index in [-0.39, 0.29) is 5.75 Å². The summed E-state index contributed by atoms with van der Waals surface area (Å²) in [6, 6.07) is 16.9. The third-order valence-electron chi connectivity index (χ3n) is 3.87. The first-order valence-corrected chi connectivity index (χ1v) is 8.24. The monoisotopic (exact) mass is 386 g/mol. The van der Waals surface area contributed by atoms with Gasteiger partial charge in [-0.3, -0.25) is 0 Å². The molecule has 0 amide bonds. The fourth-order valence-electron chi connectivity index (χ4n) is 2.63. The maximum Gasteiger partial charge on any atom is 0.573 e. The second kappa shape index (κ2) is 7.18. The molecule has 0 radical (unpaired) electrons. The highest BCUT2D eigenvalue weighted by atomic mass is 19.4. The minimum Gasteiger partial charge on any atom is -0.406 e. The van der Waals surface area contributed by atoms with E-state index in [0.29, 0.717) is 23.6 Å². The molecule has 0 unspecified atom stereocenters. The molecule has 0 aliphatic carbocycles. The number of benzene rings is 2. The van der Waals surface area contributed by atoms with Crippen LogP contribution in [0.25, 0.3) is 22.5 Å². The van der Waals surface area contributed by atoms with Gasteiger partial charge in [0, 0.05) is 17.2 Å². The van der Waals surface area contributed by atoms with E-state index in [9.17, 15) is 13.2 Å². The van der Waals surface area contributed by atoms with Crippen molar-refractivity contribution >= 4 is 0 Å². The first-order chi connectivity index (χ1) is 13.5. The molecule has 0 N–H and O–H groups in total. The largest absolute Gasteiger partial charge is 0.573 e. The van der Waals surface area contributed by atoms with Crippen molar-refractivity contribution in [1.29, 1.82) is 0 Å². The fraction of sp³-hybridized carbons (Fsp3) is 0.105. The van der Waals surface area contributed by atoms with Crippen LogP contribution in [0.3, 0.4) is 0 Å². The first kappa shape index (κ1) is 17.8. The summed E-state index contributed by atoms with van der Waals surface area (Å²) in [6.45, 7) is 0.322. The van der Waals surface area contributed by atoms with Gasteiger partial charge in [0.15, 0.2) is 5.76 Å². The Kier molecular flexibility index (Phi) is 4.56. The summed E-state index contributed by atoms with van der Waals surface area (Å²) >= 11 is 0. The molecule has 6 nitrogen and oxygen atoms in total. The van der Waals surface area contributed by atoms with Crippen LogP contribution in [0, 0.1) is 0 Å². The topological polar surface area (TPSA) is 66.0 Å². The molecule has 9 heteroatoms. The van der Waals surface area contributed by atoms with Crippen molar-refractivity contribution in [1.82, 2.24) is 20.2 Å². The summed E-state index contributed by atoms with van der Waals surface area (Å²) < 4.78 is 47.4. The second-order valence-electron chi connectivity index (χ2n) is 5.92. The molecule has 2 aromatic carbocycles. The molecular weight excluding hydrogens is 373 g/mol. The second-order valence-corrected chi connectivity index (χ2v) is 5.92. The Labute approximate surface area is 157 Å². The summed E-state index contributed by atoms with van der Waals surface area (Å²) in [7, 11) is 0. The zero-order chi connectivity index (χ0) is 19.6. The lowest BCUT2D eigenvalue weighted by molar-refractivity contribution is -0.274. The zero-order valence-electron chi connectivity index (χ0n) is 14.3. The number of rotatable bonds is 5. The van der Waals surface area contributed by atoms with Crippen LogP contribution in [0.2, 0.25) is 0 Å². The van der Waals surface area contributed by atoms with Crippen molar-refractivity contribution < 1.29 is 22.4 Å². The number of hydrogen-bond donors (Lipinski definition) is 0. The molecule has 28 heavy (non-hydrogen) atoms. The highest BCUT2D eigenvalue weighted by Gasteiger charge is 2.31. The van der Waals surface area contributed by atoms with Crippen LogP contribution in [0.1, 0.15) is 5.76 Å². The normalized spacial score (nSPS) is 11.5. The van der Waals surface area contributed by atoms with Crippen molar-refractivity contribution in [3.8, 4) is 28.3 Å². The third kappa shape index (κ3) is 4.20. The van der Waals surface area contributed by atoms with Crippen LogP contribution < -0.4 is 4.74 Å². The lowest BCUT2D eigenvalue weighted by Crippen LogP contribution is -2.16. The Morgan fingerprint density at radius 2 is 1.64 bits per heavy atom. The van der Waals surface area contributed by atoms with E-state index in [0.717, 1.165) is 11.3 Å². The van der Waals surface area contributed by atoms with Crippen LogP contribution in [0.4, 0.5) is 13.2 Å². The van der Waals surface area contributed by atoms with E-state index < -0.39 is 6.36 Å². The van der Waals surface area contributed by atoms with Gasteiger partial charge in [0.05, 0.1) is 6.20 Å². The Hall–Kier alpha value is -3.62. The average Bonchev–Trinajstić information content (AvgIpc) is 3.32. The smallest absolute Gasteiger partial charge is 0.406 e. The number of aromatic nitrogens is 4. The highest BCUT2D eigenvalue weighted by molar-refractivity contribution is 5.59. The standard InChI is InChI=1S/C19H13F3N4O2/c20-19(21,22)27-15-8-6-14(7-9-15)18-12-26(25-23-18)11-16-10-17(24-28-16)13-4-2-1-3-5-13/h1-10,12H,11H2. The van der Waals surface area contributed by atoms with Crippen molar-refractivity contribution in [2.45, 2.75) is 12.9 Å². The van der Waals surface area contributed by atoms with Gasteiger partial charge < -0.3 is 9.26 Å². The lowest BCUT2D eigenvalue weighted by atomic mass is 10.1. The van der Waals surface area contributed by atoms with E-state index in [4.69, 9.17) is 4.52 Å². The number of alkyl halides is 3. The molecule has 0 aliphatic rings. The predicted octanol–water partition coefficient (Wildman–Crippen LogP) is 4.55. The molecule has 0 aliphatic heterocycles. The Balaban J connectivity index is 1.46. The van der Waals surface area contributed by atoms with Crippen LogP contribution in [-0.2, 0) is 6.54 Å². The molecular formula is C19H13F3N4O2. The Bertz CT molecular complexity index is 1060. The van der Waals surface area contributed by atoms with Gasteiger partial charge in [-0.1, -0.05) is 40.7 Å². The first-order valence-electron chi connectivity index (χ1n) is 8.24. The van der Waals surface area contributed by atoms with Gasteiger partial charge in [0.1, 0.15) is 23.7 Å². The molecule has 2 aromatic heterocycles.